The van der Waals surface area contributed by atoms with E-state index in [0.717, 1.165) is 16.3 Å². The zero-order chi connectivity index (χ0) is 22.9. The molecule has 0 aliphatic rings. The van der Waals surface area contributed by atoms with Crippen molar-refractivity contribution in [3.05, 3.63) is 100 Å². The third-order valence-electron chi connectivity index (χ3n) is 4.62. The van der Waals surface area contributed by atoms with Gasteiger partial charge >= 0.3 is 6.18 Å². The highest BCUT2D eigenvalue weighted by Gasteiger charge is 2.35. The molecule has 0 amide bonds. The lowest BCUT2D eigenvalue weighted by Crippen LogP contribution is -2.09. The molecule has 3 aromatic carbocycles. The molecular weight excluding hydrogens is 479 g/mol. The van der Waals surface area contributed by atoms with E-state index in [1.807, 2.05) is 0 Å². The smallest absolute Gasteiger partial charge is 0.435 e. The third kappa shape index (κ3) is 5.49. The zero-order valence-corrected chi connectivity index (χ0v) is 17.7. The van der Waals surface area contributed by atoms with Crippen LogP contribution in [0.1, 0.15) is 18.8 Å². The number of halogens is 6. The van der Waals surface area contributed by atoms with Crippen molar-refractivity contribution in [3.63, 3.8) is 0 Å². The van der Waals surface area contributed by atoms with Crippen LogP contribution >= 0.6 is 23.2 Å². The van der Waals surface area contributed by atoms with E-state index in [2.05, 4.69) is 5.10 Å². The Morgan fingerprint density at radius 3 is 2.09 bits per heavy atom. The van der Waals surface area contributed by atoms with Gasteiger partial charge in [0, 0.05) is 0 Å². The maximum atomic E-state index is 13.4. The third-order valence-corrected chi connectivity index (χ3v) is 5.23. The Morgan fingerprint density at radius 1 is 0.848 bits per heavy atom. The first-order valence-corrected chi connectivity index (χ1v) is 10.1. The molecule has 0 fully saturated rings. The van der Waals surface area contributed by atoms with Gasteiger partial charge in [-0.25, -0.2) is 9.07 Å². The van der Waals surface area contributed by atoms with Gasteiger partial charge in [0.15, 0.2) is 5.69 Å². The molecule has 4 rings (SSSR count). The van der Waals surface area contributed by atoms with Gasteiger partial charge in [-0.3, -0.25) is 0 Å². The number of hydrogen-bond donors (Lipinski definition) is 0. The molecule has 3 nitrogen and oxygen atoms in total. The molecule has 0 atom stereocenters. The molecule has 172 valence electrons. The van der Waals surface area contributed by atoms with Gasteiger partial charge < -0.3 is 4.74 Å². The van der Waals surface area contributed by atoms with E-state index in [0.29, 0.717) is 11.3 Å². The zero-order valence-electron chi connectivity index (χ0n) is 16.2. The summed E-state index contributed by atoms with van der Waals surface area (Å²) < 4.78 is 60.0. The number of alkyl halides is 3. The van der Waals surface area contributed by atoms with Crippen LogP contribution in [0.5, 0.6) is 5.75 Å². The van der Waals surface area contributed by atoms with Gasteiger partial charge in [-0.1, -0.05) is 61.0 Å². The number of rotatable bonds is 5. The predicted octanol–water partition coefficient (Wildman–Crippen LogP) is 8.22. The Labute approximate surface area is 198 Å². The molecule has 0 bridgehead atoms. The maximum Gasteiger partial charge on any atom is 0.435 e. The molecule has 0 aliphatic carbocycles. The summed E-state index contributed by atoms with van der Waals surface area (Å²) in [5, 5.41) is 3.95. The second-order valence-electron chi connectivity index (χ2n) is 6.82. The summed E-state index contributed by atoms with van der Waals surface area (Å²) in [7, 11) is 0. The Bertz CT molecular complexity index is 1230. The number of para-hydroxylation sites is 1. The average Bonchev–Trinajstić information content (AvgIpc) is 3.17. The minimum absolute atomic E-state index is 0. The Hall–Kier alpha value is -3.03. The van der Waals surface area contributed by atoms with Gasteiger partial charge in [-0.05, 0) is 53.6 Å². The second-order valence-corrected chi connectivity index (χ2v) is 7.64. The summed E-state index contributed by atoms with van der Waals surface area (Å²) in [6.07, 6.45) is -4.65. The highest BCUT2D eigenvalue weighted by Crippen LogP contribution is 2.34. The fraction of sp³-hybridized carbons (Fsp3) is 0.125. The fourth-order valence-electron chi connectivity index (χ4n) is 3.12. The van der Waals surface area contributed by atoms with Gasteiger partial charge in [-0.2, -0.15) is 18.3 Å². The summed E-state index contributed by atoms with van der Waals surface area (Å²) in [6.45, 7) is -0.218. The van der Waals surface area contributed by atoms with Crippen molar-refractivity contribution in [1.29, 1.82) is 0 Å². The average molecular weight is 497 g/mol. The highest BCUT2D eigenvalue weighted by atomic mass is 35.5. The summed E-state index contributed by atoms with van der Waals surface area (Å²) in [4.78, 5) is 0. The van der Waals surface area contributed by atoms with E-state index in [9.17, 15) is 17.6 Å². The monoisotopic (exact) mass is 496 g/mol. The fourth-order valence-corrected chi connectivity index (χ4v) is 3.67. The summed E-state index contributed by atoms with van der Waals surface area (Å²) in [6, 6.07) is 18.4. The molecule has 1 heterocycles. The lowest BCUT2D eigenvalue weighted by atomic mass is 10.1. The van der Waals surface area contributed by atoms with E-state index in [1.54, 1.807) is 42.5 Å². The predicted molar refractivity (Wildman–Crippen MR) is 121 cm³/mol. The van der Waals surface area contributed by atoms with Gasteiger partial charge in [0.05, 0.1) is 15.7 Å². The van der Waals surface area contributed by atoms with Crippen molar-refractivity contribution in [2.75, 3.05) is 0 Å². The number of ether oxygens (including phenoxy) is 1. The molecule has 9 heteroatoms. The number of hydrogen-bond acceptors (Lipinski definition) is 2. The molecule has 0 aliphatic heterocycles. The summed E-state index contributed by atoms with van der Waals surface area (Å²) >= 11 is 12.3. The van der Waals surface area contributed by atoms with E-state index in [-0.39, 0.29) is 41.3 Å². The van der Waals surface area contributed by atoms with Crippen molar-refractivity contribution in [2.45, 2.75) is 20.2 Å². The van der Waals surface area contributed by atoms with E-state index in [4.69, 9.17) is 27.9 Å². The van der Waals surface area contributed by atoms with E-state index >= 15 is 0 Å². The van der Waals surface area contributed by atoms with Gasteiger partial charge in [0.1, 0.15) is 23.9 Å². The lowest BCUT2D eigenvalue weighted by molar-refractivity contribution is -0.141. The minimum Gasteiger partial charge on any atom is -0.487 e. The van der Waals surface area contributed by atoms with Crippen LogP contribution in [-0.2, 0) is 12.8 Å². The van der Waals surface area contributed by atoms with Crippen molar-refractivity contribution in [3.8, 4) is 22.6 Å². The van der Waals surface area contributed by atoms with Crippen molar-refractivity contribution >= 4 is 23.2 Å². The van der Waals surface area contributed by atoms with Crippen LogP contribution in [0, 0.1) is 5.82 Å². The van der Waals surface area contributed by atoms with Crippen molar-refractivity contribution < 1.29 is 22.3 Å². The minimum atomic E-state index is -4.65. The van der Waals surface area contributed by atoms with Gasteiger partial charge in [0.2, 0.25) is 0 Å². The topological polar surface area (TPSA) is 27.1 Å². The first kappa shape index (κ1) is 24.6. The largest absolute Gasteiger partial charge is 0.487 e. The molecule has 33 heavy (non-hydrogen) atoms. The van der Waals surface area contributed by atoms with Crippen LogP contribution in [0.2, 0.25) is 10.0 Å². The van der Waals surface area contributed by atoms with E-state index < -0.39 is 11.9 Å². The Morgan fingerprint density at radius 2 is 1.48 bits per heavy atom. The molecule has 1 aromatic heterocycles. The molecule has 0 spiro atoms. The normalized spacial score (nSPS) is 11.2. The van der Waals surface area contributed by atoms with Crippen LogP contribution in [0.15, 0.2) is 72.8 Å². The Balaban J connectivity index is 0.00000306. The van der Waals surface area contributed by atoms with Gasteiger partial charge in [0.25, 0.3) is 0 Å². The molecule has 0 radical (unpaired) electrons. The molecule has 0 saturated carbocycles. The van der Waals surface area contributed by atoms with Crippen molar-refractivity contribution in [1.82, 2.24) is 9.78 Å². The van der Waals surface area contributed by atoms with Crippen LogP contribution < -0.4 is 4.74 Å². The second kappa shape index (κ2) is 9.85. The van der Waals surface area contributed by atoms with E-state index in [1.165, 1.54) is 24.3 Å². The lowest BCUT2D eigenvalue weighted by Gasteiger charge is -2.12. The standard InChI is InChI=1S/C23H14Cl2F4N2O.CH4/c24-19-5-2-6-20(25)22(19)31-17(12-21(30-31)23(27,28)29)13-32-18-9-7-14(8-10-18)15-3-1-4-16(26)11-15;/h1-12H,13H2;1H4. The Kier molecular flexibility index (Phi) is 7.34. The SMILES string of the molecule is C.Fc1cccc(-c2ccc(OCc3cc(C(F)(F)F)nn3-c3c(Cl)cccc3Cl)cc2)c1. The quantitative estimate of drug-likeness (QED) is 0.260. The molecule has 4 aromatic rings. The first-order chi connectivity index (χ1) is 15.2. The van der Waals surface area contributed by atoms with Crippen LogP contribution in [0.25, 0.3) is 16.8 Å². The molecule has 0 N–H and O–H groups in total. The molecular formula is C24H18Cl2F4N2O. The molecule has 0 saturated heterocycles. The number of aromatic nitrogens is 2. The van der Waals surface area contributed by atoms with Crippen molar-refractivity contribution in [2.24, 2.45) is 0 Å². The number of nitrogens with zero attached hydrogens (tertiary/aromatic N) is 2. The first-order valence-electron chi connectivity index (χ1n) is 9.32. The van der Waals surface area contributed by atoms with Crippen LogP contribution in [0.4, 0.5) is 17.6 Å². The highest BCUT2D eigenvalue weighted by molar-refractivity contribution is 6.37. The maximum absolute atomic E-state index is 13.4. The van der Waals surface area contributed by atoms with Crippen LogP contribution in [-0.4, -0.2) is 9.78 Å². The summed E-state index contributed by atoms with van der Waals surface area (Å²) in [5.74, 6) is 0.0616. The number of benzene rings is 3. The van der Waals surface area contributed by atoms with Gasteiger partial charge in [-0.15, -0.1) is 0 Å². The molecule has 0 unspecified atom stereocenters. The van der Waals surface area contributed by atoms with Crippen LogP contribution in [0.3, 0.4) is 0 Å². The summed E-state index contributed by atoms with van der Waals surface area (Å²) in [5.41, 5.74) is 0.614.